The molecule has 0 saturated heterocycles. The number of halogens is 1. The van der Waals surface area contributed by atoms with Crippen LogP contribution in [0.5, 0.6) is 11.5 Å². The maximum atomic E-state index is 13.9. The first-order valence-corrected chi connectivity index (χ1v) is 6.96. The number of carboxylic acid groups (broad SMARTS) is 1. The van der Waals surface area contributed by atoms with Crippen molar-refractivity contribution in [3.05, 3.63) is 17.4 Å². The number of sulfone groups is 1. The maximum absolute atomic E-state index is 13.9. The molecular weight excluding hydrogens is 295 g/mol. The van der Waals surface area contributed by atoms with Gasteiger partial charge in [0.15, 0.2) is 21.3 Å². The zero-order chi connectivity index (χ0) is 15.7. The van der Waals surface area contributed by atoms with Crippen molar-refractivity contribution in [3.63, 3.8) is 0 Å². The Morgan fingerprint density at radius 3 is 2.05 bits per heavy atom. The van der Waals surface area contributed by atoms with E-state index in [0.717, 1.165) is 20.5 Å². The lowest BCUT2D eigenvalue weighted by Gasteiger charge is -2.15. The van der Waals surface area contributed by atoms with Crippen LogP contribution in [0.25, 0.3) is 0 Å². The van der Waals surface area contributed by atoms with Gasteiger partial charge in [-0.25, -0.2) is 17.6 Å². The van der Waals surface area contributed by atoms with E-state index in [2.05, 4.69) is 0 Å². The highest BCUT2D eigenvalue weighted by Gasteiger charge is 2.31. The highest BCUT2D eigenvalue weighted by atomic mass is 32.2. The molecule has 0 fully saturated rings. The van der Waals surface area contributed by atoms with Gasteiger partial charge in [0.2, 0.25) is 0 Å². The van der Waals surface area contributed by atoms with Crippen molar-refractivity contribution in [2.24, 2.45) is 0 Å². The minimum atomic E-state index is -4.01. The van der Waals surface area contributed by atoms with Gasteiger partial charge in [0, 0.05) is 6.26 Å². The molecule has 0 amide bonds. The number of carboxylic acids is 1. The quantitative estimate of drug-likeness (QED) is 0.624. The zero-order valence-electron chi connectivity index (χ0n) is 10.8. The van der Waals surface area contributed by atoms with Crippen LogP contribution in [-0.4, -0.2) is 45.8 Å². The third-order valence-corrected chi connectivity index (χ3v) is 3.48. The molecule has 0 bridgehead atoms. The Hall–Kier alpha value is -2.16. The number of carbonyl (C=O) groups excluding carboxylic acids is 1. The number of methoxy groups -OCH3 is 2. The van der Waals surface area contributed by atoms with Crippen LogP contribution in [0.1, 0.15) is 10.4 Å². The Kier molecular flexibility index (Phi) is 4.33. The van der Waals surface area contributed by atoms with Gasteiger partial charge in [-0.2, -0.15) is 0 Å². The second-order valence-electron chi connectivity index (χ2n) is 3.71. The van der Waals surface area contributed by atoms with Crippen LogP contribution in [0.2, 0.25) is 0 Å². The molecule has 1 N–H and O–H groups in total. The number of carbonyl (C=O) groups is 2. The molecule has 1 rings (SSSR count). The van der Waals surface area contributed by atoms with E-state index in [9.17, 15) is 22.4 Å². The Morgan fingerprint density at radius 2 is 1.70 bits per heavy atom. The molecule has 0 aliphatic heterocycles. The SMILES string of the molecule is COc1c(C(=O)C(=O)O)cc(F)c(S(C)(=O)=O)c1OC. The van der Waals surface area contributed by atoms with Crippen LogP contribution in [0.15, 0.2) is 11.0 Å². The van der Waals surface area contributed by atoms with Gasteiger partial charge in [-0.3, -0.25) is 4.79 Å². The van der Waals surface area contributed by atoms with Gasteiger partial charge < -0.3 is 14.6 Å². The van der Waals surface area contributed by atoms with Crippen LogP contribution in [0.3, 0.4) is 0 Å². The van der Waals surface area contributed by atoms with Crippen molar-refractivity contribution >= 4 is 21.6 Å². The Balaban J connectivity index is 3.83. The number of hydrogen-bond acceptors (Lipinski definition) is 6. The molecule has 7 nitrogen and oxygen atoms in total. The fourth-order valence-electron chi connectivity index (χ4n) is 1.61. The molecular formula is C11H11FO7S. The van der Waals surface area contributed by atoms with Gasteiger partial charge in [-0.05, 0) is 6.07 Å². The highest BCUT2D eigenvalue weighted by Crippen LogP contribution is 2.39. The van der Waals surface area contributed by atoms with E-state index in [4.69, 9.17) is 14.6 Å². The van der Waals surface area contributed by atoms with Crippen molar-refractivity contribution in [1.82, 2.24) is 0 Å². The molecule has 1 aromatic carbocycles. The Bertz CT molecular complexity index is 679. The van der Waals surface area contributed by atoms with Crippen LogP contribution < -0.4 is 9.47 Å². The minimum Gasteiger partial charge on any atom is -0.492 e. The molecule has 0 aliphatic rings. The van der Waals surface area contributed by atoms with Gasteiger partial charge >= 0.3 is 5.97 Å². The molecule has 9 heteroatoms. The first kappa shape index (κ1) is 15.9. The molecule has 0 heterocycles. The summed E-state index contributed by atoms with van der Waals surface area (Å²) >= 11 is 0. The third kappa shape index (κ3) is 2.72. The topological polar surface area (TPSA) is 107 Å². The number of aliphatic carboxylic acids is 1. The van der Waals surface area contributed by atoms with E-state index in [-0.39, 0.29) is 0 Å². The van der Waals surface area contributed by atoms with E-state index < -0.39 is 49.4 Å². The van der Waals surface area contributed by atoms with Gasteiger partial charge in [-0.1, -0.05) is 0 Å². The van der Waals surface area contributed by atoms with Crippen molar-refractivity contribution in [2.45, 2.75) is 4.90 Å². The maximum Gasteiger partial charge on any atom is 0.377 e. The predicted octanol–water partition coefficient (Wildman–Crippen LogP) is 0.514. The Morgan fingerprint density at radius 1 is 1.20 bits per heavy atom. The van der Waals surface area contributed by atoms with Crippen LogP contribution in [0, 0.1) is 5.82 Å². The van der Waals surface area contributed by atoms with Gasteiger partial charge in [0.1, 0.15) is 10.7 Å². The minimum absolute atomic E-state index is 0.457. The molecule has 0 aromatic heterocycles. The molecule has 1 aromatic rings. The van der Waals surface area contributed by atoms with Crippen LogP contribution >= 0.6 is 0 Å². The Labute approximate surface area is 113 Å². The van der Waals surface area contributed by atoms with Gasteiger partial charge in [0.25, 0.3) is 5.78 Å². The monoisotopic (exact) mass is 306 g/mol. The van der Waals surface area contributed by atoms with Gasteiger partial charge in [0.05, 0.1) is 19.8 Å². The number of ketones is 1. The second-order valence-corrected chi connectivity index (χ2v) is 5.66. The molecule has 0 saturated carbocycles. The lowest BCUT2D eigenvalue weighted by molar-refractivity contribution is -0.131. The molecule has 0 atom stereocenters. The number of ether oxygens (including phenoxy) is 2. The summed E-state index contributed by atoms with van der Waals surface area (Å²) in [6.45, 7) is 0. The predicted molar refractivity (Wildman–Crippen MR) is 64.6 cm³/mol. The van der Waals surface area contributed by atoms with E-state index in [0.29, 0.717) is 6.07 Å². The number of hydrogen-bond donors (Lipinski definition) is 1. The summed E-state index contributed by atoms with van der Waals surface area (Å²) in [4.78, 5) is 21.3. The van der Waals surface area contributed by atoms with Crippen molar-refractivity contribution in [1.29, 1.82) is 0 Å². The summed E-state index contributed by atoms with van der Waals surface area (Å²) < 4.78 is 46.5. The highest BCUT2D eigenvalue weighted by molar-refractivity contribution is 7.90. The van der Waals surface area contributed by atoms with Crippen molar-refractivity contribution in [3.8, 4) is 11.5 Å². The van der Waals surface area contributed by atoms with Crippen molar-refractivity contribution < 1.29 is 37.0 Å². The summed E-state index contributed by atoms with van der Waals surface area (Å²) in [6, 6.07) is 0.494. The van der Waals surface area contributed by atoms with Gasteiger partial charge in [-0.15, -0.1) is 0 Å². The average Bonchev–Trinajstić information content (AvgIpc) is 2.34. The summed E-state index contributed by atoms with van der Waals surface area (Å²) in [7, 11) is -1.90. The summed E-state index contributed by atoms with van der Waals surface area (Å²) in [6.07, 6.45) is 0.742. The molecule has 20 heavy (non-hydrogen) atoms. The van der Waals surface area contributed by atoms with Crippen LogP contribution in [-0.2, 0) is 14.6 Å². The number of Topliss-reactive ketones (excluding diaryl/α,β-unsaturated/α-hetero) is 1. The molecule has 0 unspecified atom stereocenters. The first-order valence-electron chi connectivity index (χ1n) is 5.07. The largest absolute Gasteiger partial charge is 0.492 e. The average molecular weight is 306 g/mol. The molecule has 0 radical (unpaired) electrons. The summed E-state index contributed by atoms with van der Waals surface area (Å²) in [5, 5.41) is 8.65. The molecule has 0 spiro atoms. The summed E-state index contributed by atoms with van der Waals surface area (Å²) in [5.74, 6) is -5.59. The fourth-order valence-corrected chi connectivity index (χ4v) is 2.54. The van der Waals surface area contributed by atoms with Crippen LogP contribution in [0.4, 0.5) is 4.39 Å². The molecule has 0 aliphatic carbocycles. The molecule has 110 valence electrons. The van der Waals surface area contributed by atoms with Crippen molar-refractivity contribution in [2.75, 3.05) is 20.5 Å². The van der Waals surface area contributed by atoms with E-state index >= 15 is 0 Å². The van der Waals surface area contributed by atoms with E-state index in [1.807, 2.05) is 0 Å². The normalized spacial score (nSPS) is 11.0. The van der Waals surface area contributed by atoms with E-state index in [1.165, 1.54) is 0 Å². The zero-order valence-corrected chi connectivity index (χ0v) is 11.6. The lowest BCUT2D eigenvalue weighted by Crippen LogP contribution is -2.16. The fraction of sp³-hybridized carbons (Fsp3) is 0.273. The number of rotatable bonds is 5. The smallest absolute Gasteiger partial charge is 0.377 e. The second kappa shape index (κ2) is 5.45. The number of benzene rings is 1. The lowest BCUT2D eigenvalue weighted by atomic mass is 10.1. The standard InChI is InChI=1S/C11H11FO7S/c1-18-8-5(7(13)11(14)15)4-6(12)10(9(8)19-2)20(3,16)17/h4H,1-3H3,(H,14,15). The van der Waals surface area contributed by atoms with E-state index in [1.54, 1.807) is 0 Å². The third-order valence-electron chi connectivity index (χ3n) is 2.36. The summed E-state index contributed by atoms with van der Waals surface area (Å²) in [5.41, 5.74) is -0.637. The first-order chi connectivity index (χ1) is 9.15.